The molecule has 0 saturated heterocycles. The fourth-order valence-electron chi connectivity index (χ4n) is 1.92. The molecule has 0 aliphatic heterocycles. The molecule has 0 saturated carbocycles. The van der Waals surface area contributed by atoms with Crippen LogP contribution in [0.3, 0.4) is 0 Å². The maximum absolute atomic E-state index is 6.15. The normalized spacial score (nSPS) is 12.9. The first-order valence-electron chi connectivity index (χ1n) is 5.70. The molecular formula is C12H18N4S. The molecule has 1 atom stereocenters. The fraction of sp³-hybridized carbons (Fsp3) is 0.500. The van der Waals surface area contributed by atoms with E-state index in [4.69, 9.17) is 5.73 Å². The number of nitrogens with two attached hydrogens (primary N) is 1. The Kier molecular flexibility index (Phi) is 3.59. The second-order valence-electron chi connectivity index (χ2n) is 4.45. The second-order valence-corrected chi connectivity index (χ2v) is 5.39. The zero-order valence-electron chi connectivity index (χ0n) is 10.5. The predicted octanol–water partition coefficient (Wildman–Crippen LogP) is 1.61. The summed E-state index contributed by atoms with van der Waals surface area (Å²) in [5.74, 6) is 0. The van der Waals surface area contributed by atoms with Crippen molar-refractivity contribution in [2.45, 2.75) is 32.7 Å². The molecule has 0 aliphatic carbocycles. The summed E-state index contributed by atoms with van der Waals surface area (Å²) in [7, 11) is 1.96. The molecule has 2 aromatic heterocycles. The van der Waals surface area contributed by atoms with Crippen molar-refractivity contribution in [1.82, 2.24) is 14.8 Å². The Bertz CT molecular complexity index is 500. The molecule has 2 aromatic rings. The molecule has 0 radical (unpaired) electrons. The van der Waals surface area contributed by atoms with E-state index in [1.165, 1.54) is 5.69 Å². The molecule has 92 valence electrons. The maximum Gasteiger partial charge on any atom is 0.0943 e. The Morgan fingerprint density at radius 2 is 2.12 bits per heavy atom. The zero-order valence-corrected chi connectivity index (χ0v) is 11.3. The maximum atomic E-state index is 6.15. The third-order valence-corrected chi connectivity index (χ3v) is 3.66. The zero-order chi connectivity index (χ0) is 12.4. The Hall–Kier alpha value is -1.20. The van der Waals surface area contributed by atoms with Gasteiger partial charge in [0, 0.05) is 42.7 Å². The third kappa shape index (κ3) is 3.14. The van der Waals surface area contributed by atoms with Crippen LogP contribution in [-0.4, -0.2) is 20.8 Å². The summed E-state index contributed by atoms with van der Waals surface area (Å²) < 4.78 is 1.91. The summed E-state index contributed by atoms with van der Waals surface area (Å²) in [6, 6.07) is 2.20. The molecule has 4 nitrogen and oxygen atoms in total. The van der Waals surface area contributed by atoms with E-state index in [0.29, 0.717) is 0 Å². The van der Waals surface area contributed by atoms with Crippen LogP contribution in [-0.2, 0) is 19.9 Å². The average Bonchev–Trinajstić information content (AvgIpc) is 2.74. The topological polar surface area (TPSA) is 56.7 Å². The van der Waals surface area contributed by atoms with Crippen molar-refractivity contribution in [3.8, 4) is 0 Å². The predicted molar refractivity (Wildman–Crippen MR) is 70.2 cm³/mol. The molecule has 0 spiro atoms. The molecule has 0 aliphatic rings. The SMILES string of the molecule is Cc1csc(CC(N)Cc2cc(C)nn2C)n1. The van der Waals surface area contributed by atoms with Crippen LogP contribution in [0.15, 0.2) is 11.4 Å². The number of hydrogen-bond acceptors (Lipinski definition) is 4. The fourth-order valence-corrected chi connectivity index (χ4v) is 2.78. The van der Waals surface area contributed by atoms with Crippen LogP contribution in [0, 0.1) is 13.8 Å². The summed E-state index contributed by atoms with van der Waals surface area (Å²) in [6.07, 6.45) is 1.68. The van der Waals surface area contributed by atoms with Gasteiger partial charge >= 0.3 is 0 Å². The van der Waals surface area contributed by atoms with Crippen molar-refractivity contribution < 1.29 is 0 Å². The Balaban J connectivity index is 1.97. The van der Waals surface area contributed by atoms with Gasteiger partial charge in [-0.2, -0.15) is 5.10 Å². The number of rotatable bonds is 4. The smallest absolute Gasteiger partial charge is 0.0943 e. The van der Waals surface area contributed by atoms with Crippen LogP contribution in [0.5, 0.6) is 0 Å². The second kappa shape index (κ2) is 4.98. The molecule has 2 heterocycles. The van der Waals surface area contributed by atoms with Crippen LogP contribution in [0.1, 0.15) is 22.1 Å². The van der Waals surface area contributed by atoms with Crippen LogP contribution in [0.25, 0.3) is 0 Å². The highest BCUT2D eigenvalue weighted by atomic mass is 32.1. The Morgan fingerprint density at radius 1 is 1.35 bits per heavy atom. The van der Waals surface area contributed by atoms with E-state index in [1.807, 2.05) is 25.6 Å². The van der Waals surface area contributed by atoms with Gasteiger partial charge in [-0.3, -0.25) is 4.68 Å². The quantitative estimate of drug-likeness (QED) is 0.897. The van der Waals surface area contributed by atoms with Gasteiger partial charge in [0.2, 0.25) is 0 Å². The van der Waals surface area contributed by atoms with Gasteiger partial charge in [-0.05, 0) is 19.9 Å². The minimum atomic E-state index is 0.107. The van der Waals surface area contributed by atoms with Gasteiger partial charge < -0.3 is 5.73 Å². The first-order valence-corrected chi connectivity index (χ1v) is 6.58. The molecule has 2 N–H and O–H groups in total. The average molecular weight is 250 g/mol. The van der Waals surface area contributed by atoms with Gasteiger partial charge in [-0.15, -0.1) is 11.3 Å². The van der Waals surface area contributed by atoms with E-state index >= 15 is 0 Å². The lowest BCUT2D eigenvalue weighted by Gasteiger charge is -2.09. The lowest BCUT2D eigenvalue weighted by molar-refractivity contribution is 0.611. The number of thiazole rings is 1. The van der Waals surface area contributed by atoms with Crippen molar-refractivity contribution in [2.75, 3.05) is 0 Å². The highest BCUT2D eigenvalue weighted by Gasteiger charge is 2.11. The van der Waals surface area contributed by atoms with Crippen LogP contribution in [0.4, 0.5) is 0 Å². The lowest BCUT2D eigenvalue weighted by atomic mass is 10.1. The Morgan fingerprint density at radius 3 is 2.65 bits per heavy atom. The van der Waals surface area contributed by atoms with Gasteiger partial charge in [-0.1, -0.05) is 0 Å². The van der Waals surface area contributed by atoms with E-state index < -0.39 is 0 Å². The summed E-state index contributed by atoms with van der Waals surface area (Å²) in [6.45, 7) is 4.01. The highest BCUT2D eigenvalue weighted by molar-refractivity contribution is 7.09. The van der Waals surface area contributed by atoms with E-state index in [1.54, 1.807) is 11.3 Å². The minimum absolute atomic E-state index is 0.107. The molecule has 0 aromatic carbocycles. The van der Waals surface area contributed by atoms with Gasteiger partial charge in [0.15, 0.2) is 0 Å². The summed E-state index contributed by atoms with van der Waals surface area (Å²) in [5.41, 5.74) is 9.45. The van der Waals surface area contributed by atoms with Crippen molar-refractivity contribution >= 4 is 11.3 Å². The molecular weight excluding hydrogens is 232 g/mol. The van der Waals surface area contributed by atoms with E-state index in [-0.39, 0.29) is 6.04 Å². The molecule has 2 rings (SSSR count). The summed E-state index contributed by atoms with van der Waals surface area (Å²) in [4.78, 5) is 4.44. The summed E-state index contributed by atoms with van der Waals surface area (Å²) in [5, 5.41) is 7.51. The molecule has 0 amide bonds. The first-order chi connectivity index (χ1) is 8.04. The van der Waals surface area contributed by atoms with Crippen LogP contribution in [0.2, 0.25) is 0 Å². The van der Waals surface area contributed by atoms with E-state index in [9.17, 15) is 0 Å². The largest absolute Gasteiger partial charge is 0.327 e. The molecule has 0 bridgehead atoms. The Labute approximate surface area is 105 Å². The van der Waals surface area contributed by atoms with Gasteiger partial charge in [-0.25, -0.2) is 4.98 Å². The number of aromatic nitrogens is 3. The van der Waals surface area contributed by atoms with Crippen LogP contribution >= 0.6 is 11.3 Å². The number of aryl methyl sites for hydroxylation is 3. The molecule has 17 heavy (non-hydrogen) atoms. The number of nitrogens with zero attached hydrogens (tertiary/aromatic N) is 3. The third-order valence-electron chi connectivity index (χ3n) is 2.67. The lowest BCUT2D eigenvalue weighted by Crippen LogP contribution is -2.26. The van der Waals surface area contributed by atoms with Crippen LogP contribution < -0.4 is 5.73 Å². The number of hydrogen-bond donors (Lipinski definition) is 1. The molecule has 1 unspecified atom stereocenters. The standard InChI is InChI=1S/C12H18N4S/c1-8-4-11(16(3)15-8)5-10(13)6-12-14-9(2)7-17-12/h4,7,10H,5-6,13H2,1-3H3. The van der Waals surface area contributed by atoms with Gasteiger partial charge in [0.05, 0.1) is 10.7 Å². The highest BCUT2D eigenvalue weighted by Crippen LogP contribution is 2.12. The van der Waals surface area contributed by atoms with E-state index in [2.05, 4.69) is 21.5 Å². The van der Waals surface area contributed by atoms with Gasteiger partial charge in [0.25, 0.3) is 0 Å². The summed E-state index contributed by atoms with van der Waals surface area (Å²) >= 11 is 1.68. The van der Waals surface area contributed by atoms with Gasteiger partial charge in [0.1, 0.15) is 0 Å². The van der Waals surface area contributed by atoms with Crippen molar-refractivity contribution in [2.24, 2.45) is 12.8 Å². The molecule has 5 heteroatoms. The van der Waals surface area contributed by atoms with Crippen molar-refractivity contribution in [1.29, 1.82) is 0 Å². The molecule has 0 fully saturated rings. The van der Waals surface area contributed by atoms with Crippen molar-refractivity contribution in [3.63, 3.8) is 0 Å². The van der Waals surface area contributed by atoms with E-state index in [0.717, 1.165) is 29.2 Å². The monoisotopic (exact) mass is 250 g/mol. The first kappa shape index (κ1) is 12.3. The van der Waals surface area contributed by atoms with Crippen molar-refractivity contribution in [3.05, 3.63) is 33.5 Å². The minimum Gasteiger partial charge on any atom is -0.327 e.